The Morgan fingerprint density at radius 2 is 1.50 bits per heavy atom. The predicted octanol–water partition coefficient (Wildman–Crippen LogP) is 0.568. The molecule has 0 spiro atoms. The Kier molecular flexibility index (Phi) is 8.14. The van der Waals surface area contributed by atoms with Crippen molar-refractivity contribution in [2.45, 2.75) is 11.3 Å². The van der Waals surface area contributed by atoms with Gasteiger partial charge in [-0.3, -0.25) is 9.69 Å². The lowest BCUT2D eigenvalue weighted by Crippen LogP contribution is -2.37. The average molecular weight is 401 g/mol. The van der Waals surface area contributed by atoms with Crippen molar-refractivity contribution in [3.05, 3.63) is 41.0 Å². The van der Waals surface area contributed by atoms with Gasteiger partial charge in [-0.1, -0.05) is 12.1 Å². The monoisotopic (exact) mass is 401 g/mol. The van der Waals surface area contributed by atoms with Crippen molar-refractivity contribution in [3.8, 4) is 0 Å². The van der Waals surface area contributed by atoms with Gasteiger partial charge in [0.05, 0.1) is 42.8 Å². The summed E-state index contributed by atoms with van der Waals surface area (Å²) in [5, 5.41) is 17.8. The van der Waals surface area contributed by atoms with Crippen molar-refractivity contribution in [3.63, 3.8) is 0 Å². The number of sulfone groups is 1. The van der Waals surface area contributed by atoms with Gasteiger partial charge in [-0.25, -0.2) is 16.8 Å². The van der Waals surface area contributed by atoms with Gasteiger partial charge in [-0.2, -0.15) is 4.31 Å². The minimum absolute atomic E-state index is 0.0465. The van der Waals surface area contributed by atoms with Crippen molar-refractivity contribution in [1.82, 2.24) is 4.31 Å². The van der Waals surface area contributed by atoms with Crippen molar-refractivity contribution in [2.75, 3.05) is 37.8 Å². The third-order valence-electron chi connectivity index (χ3n) is 3.45. The normalized spacial score (nSPS) is 11.9. The molecule has 0 radical (unpaired) electrons. The van der Waals surface area contributed by atoms with Gasteiger partial charge in [-0.15, -0.1) is 0 Å². The molecule has 0 saturated heterocycles. The fourth-order valence-corrected chi connectivity index (χ4v) is 5.17. The molecule has 142 valence electrons. The van der Waals surface area contributed by atoms with Crippen molar-refractivity contribution < 1.29 is 27.0 Å². The molecule has 0 fully saturated rings. The minimum Gasteiger partial charge on any atom is -0.395 e. The van der Waals surface area contributed by atoms with Gasteiger partial charge in [0.1, 0.15) is 0 Å². The Morgan fingerprint density at radius 1 is 0.923 bits per heavy atom. The molecular weight excluding hydrogens is 382 g/mol. The first kappa shape index (κ1) is 22.0. The number of sulfonamides is 1. The summed E-state index contributed by atoms with van der Waals surface area (Å²) < 4.78 is 49.9. The van der Waals surface area contributed by atoms with E-state index in [4.69, 9.17) is 23.4 Å². The number of hydrogen-bond acceptors (Lipinski definition) is 6. The molecule has 0 bridgehead atoms. The second kappa shape index (κ2) is 9.62. The van der Waals surface area contributed by atoms with Crippen molar-refractivity contribution in [1.29, 1.82) is 0 Å². The number of hydrogen-bond donors (Lipinski definition) is 2. The second-order valence-corrected chi connectivity index (χ2v) is 9.41. The van der Waals surface area contributed by atoms with Gasteiger partial charge >= 0.3 is 0 Å². The van der Waals surface area contributed by atoms with Crippen molar-refractivity contribution in [2.24, 2.45) is 0 Å². The molecule has 11 heteroatoms. The molecule has 0 saturated carbocycles. The number of rotatable bonds is 10. The summed E-state index contributed by atoms with van der Waals surface area (Å²) >= 11 is 0. The zero-order valence-electron chi connectivity index (χ0n) is 13.9. The summed E-state index contributed by atoms with van der Waals surface area (Å²) in [6, 6.07) is 3.57. The molecule has 0 unspecified atom stereocenters. The van der Waals surface area contributed by atoms with Crippen LogP contribution in [0.15, 0.2) is 23.1 Å². The largest absolute Gasteiger partial charge is 0.395 e. The Hall–Kier alpha value is -2.02. The van der Waals surface area contributed by atoms with Crippen LogP contribution < -0.4 is 0 Å². The Morgan fingerprint density at radius 3 is 2.00 bits per heavy atom. The molecular formula is C15H19N3O6S2. The van der Waals surface area contributed by atoms with E-state index < -0.39 is 44.6 Å². The van der Waals surface area contributed by atoms with E-state index in [2.05, 4.69) is 9.69 Å². The van der Waals surface area contributed by atoms with E-state index in [9.17, 15) is 16.8 Å². The molecule has 1 aromatic rings. The van der Waals surface area contributed by atoms with E-state index >= 15 is 0 Å². The van der Waals surface area contributed by atoms with Crippen molar-refractivity contribution >= 4 is 31.2 Å². The zero-order valence-corrected chi connectivity index (χ0v) is 15.5. The van der Waals surface area contributed by atoms with Gasteiger partial charge < -0.3 is 10.2 Å². The summed E-state index contributed by atoms with van der Waals surface area (Å²) in [6.07, 6.45) is -0.185. The molecule has 9 nitrogen and oxygen atoms in total. The molecule has 26 heavy (non-hydrogen) atoms. The summed E-state index contributed by atoms with van der Waals surface area (Å²) in [5.41, 5.74) is -0.0315. The fraction of sp³-hybridized carbons (Fsp3) is 0.467. The minimum atomic E-state index is -3.82. The van der Waals surface area contributed by atoms with Gasteiger partial charge in [0.2, 0.25) is 10.0 Å². The smallest absolute Gasteiger partial charge is 0.214 e. The van der Waals surface area contributed by atoms with Crippen LogP contribution in [0.1, 0.15) is 6.42 Å². The zero-order chi connectivity index (χ0) is 19.8. The summed E-state index contributed by atoms with van der Waals surface area (Å²) in [5.74, 6) is -0.908. The van der Waals surface area contributed by atoms with Crippen LogP contribution in [0.4, 0.5) is 11.4 Å². The molecule has 1 rings (SSSR count). The molecule has 0 amide bonds. The molecule has 0 heterocycles. The van der Waals surface area contributed by atoms with E-state index in [1.54, 1.807) is 0 Å². The average Bonchev–Trinajstić information content (AvgIpc) is 2.60. The van der Waals surface area contributed by atoms with E-state index in [0.717, 1.165) is 10.4 Å². The van der Waals surface area contributed by atoms with Gasteiger partial charge in [0, 0.05) is 13.1 Å². The van der Waals surface area contributed by atoms with E-state index in [0.29, 0.717) is 0 Å². The maximum absolute atomic E-state index is 12.3. The maximum atomic E-state index is 12.3. The molecule has 0 atom stereocenters. The third-order valence-corrected chi connectivity index (χ3v) is 7.21. The molecule has 0 aliphatic rings. The Labute approximate surface area is 153 Å². The molecule has 2 N–H and O–H groups in total. The molecule has 1 aromatic carbocycles. The number of benzene rings is 1. The summed E-state index contributed by atoms with van der Waals surface area (Å²) in [4.78, 5) is 6.11. The van der Waals surface area contributed by atoms with Crippen LogP contribution in [0.2, 0.25) is 0 Å². The van der Waals surface area contributed by atoms with Crippen LogP contribution >= 0.6 is 0 Å². The highest BCUT2D eigenvalue weighted by atomic mass is 32.2. The molecule has 0 aliphatic heterocycles. The van der Waals surface area contributed by atoms with Crippen LogP contribution in [0, 0.1) is 13.1 Å². The van der Waals surface area contributed by atoms with E-state index in [1.165, 1.54) is 12.1 Å². The second-order valence-electron chi connectivity index (χ2n) is 5.21. The number of aliphatic hydroxyl groups is 2. The number of nitrogens with zero attached hydrogens (tertiary/aromatic N) is 3. The highest BCUT2D eigenvalue weighted by Gasteiger charge is 2.23. The fourth-order valence-electron chi connectivity index (χ4n) is 2.17. The lowest BCUT2D eigenvalue weighted by Gasteiger charge is -2.20. The lowest BCUT2D eigenvalue weighted by atomic mass is 10.3. The maximum Gasteiger partial charge on any atom is 0.214 e. The highest BCUT2D eigenvalue weighted by Crippen LogP contribution is 2.31. The van der Waals surface area contributed by atoms with Gasteiger partial charge in [-0.05, 0) is 12.5 Å². The van der Waals surface area contributed by atoms with Crippen LogP contribution in [-0.2, 0) is 19.9 Å². The summed E-state index contributed by atoms with van der Waals surface area (Å²) in [7, 11) is -7.63. The first-order chi connectivity index (χ1) is 12.2. The van der Waals surface area contributed by atoms with Crippen LogP contribution in [-0.4, -0.2) is 69.2 Å². The van der Waals surface area contributed by atoms with Gasteiger partial charge in [0.25, 0.3) is 0 Å². The van der Waals surface area contributed by atoms with Gasteiger partial charge in [0.15, 0.2) is 21.2 Å². The highest BCUT2D eigenvalue weighted by molar-refractivity contribution is 7.91. The topological polar surface area (TPSA) is 121 Å². The SMILES string of the molecule is [C-]#[N+]c1ccc(S(=O)(=O)CCCS(=O)(=O)N(CCO)CCO)cc1[N+]#[C-]. The molecule has 0 aromatic heterocycles. The number of aliphatic hydroxyl groups excluding tert-OH is 2. The Balaban J connectivity index is 2.87. The standard InChI is InChI=1S/C15H19N3O6S2/c1-16-14-5-4-13(12-15(14)17-2)25(21,22)10-3-11-26(23,24)18(6-8-19)7-9-20/h4-5,12,19-20H,3,6-11H2. The summed E-state index contributed by atoms with van der Waals surface area (Å²) in [6.45, 7) is 12.7. The quantitative estimate of drug-likeness (QED) is 0.553. The van der Waals surface area contributed by atoms with E-state index in [-0.39, 0.29) is 35.8 Å². The first-order valence-electron chi connectivity index (χ1n) is 7.53. The molecule has 0 aliphatic carbocycles. The Bertz CT molecular complexity index is 908. The third kappa shape index (κ3) is 5.76. The lowest BCUT2D eigenvalue weighted by molar-refractivity contribution is 0.217. The van der Waals surface area contributed by atoms with Crippen LogP contribution in [0.3, 0.4) is 0 Å². The first-order valence-corrected chi connectivity index (χ1v) is 10.8. The predicted molar refractivity (Wildman–Crippen MR) is 95.2 cm³/mol. The van der Waals surface area contributed by atoms with Crippen LogP contribution in [0.5, 0.6) is 0 Å². The van der Waals surface area contributed by atoms with Crippen LogP contribution in [0.25, 0.3) is 9.69 Å². The van der Waals surface area contributed by atoms with E-state index in [1.807, 2.05) is 0 Å².